The zero-order chi connectivity index (χ0) is 13.9. The normalized spacial score (nSPS) is 25.4. The summed E-state index contributed by atoms with van der Waals surface area (Å²) in [4.78, 5) is 12.3. The molecule has 0 spiro atoms. The van der Waals surface area contributed by atoms with Crippen molar-refractivity contribution < 1.29 is 9.53 Å². The van der Waals surface area contributed by atoms with Gasteiger partial charge in [0.05, 0.1) is 18.7 Å². The molecule has 20 heavy (non-hydrogen) atoms. The van der Waals surface area contributed by atoms with E-state index in [-0.39, 0.29) is 18.0 Å². The molecule has 3 rings (SSSR count). The quantitative estimate of drug-likeness (QED) is 0.881. The third-order valence-corrected chi connectivity index (χ3v) is 4.17. The van der Waals surface area contributed by atoms with Gasteiger partial charge in [0.15, 0.2) is 0 Å². The molecule has 1 fully saturated rings. The lowest BCUT2D eigenvalue weighted by molar-refractivity contribution is -0.123. The van der Waals surface area contributed by atoms with Crippen molar-refractivity contribution in [1.82, 2.24) is 10.6 Å². The number of hydrogen-bond donors (Lipinski definition) is 2. The highest BCUT2D eigenvalue weighted by molar-refractivity contribution is 6.30. The topological polar surface area (TPSA) is 50.4 Å². The maximum Gasteiger partial charge on any atom is 0.237 e. The molecule has 2 aliphatic heterocycles. The number of carbonyl (C=O) groups is 1. The van der Waals surface area contributed by atoms with Crippen molar-refractivity contribution in [2.75, 3.05) is 13.2 Å². The van der Waals surface area contributed by atoms with Crippen LogP contribution in [0.4, 0.5) is 0 Å². The van der Waals surface area contributed by atoms with E-state index in [1.807, 2.05) is 18.2 Å². The predicted octanol–water partition coefficient (Wildman–Crippen LogP) is 2.42. The molecule has 2 unspecified atom stereocenters. The third-order valence-electron chi connectivity index (χ3n) is 3.94. The van der Waals surface area contributed by atoms with Crippen molar-refractivity contribution >= 4 is 17.5 Å². The number of rotatable bonds is 2. The van der Waals surface area contributed by atoms with Crippen molar-refractivity contribution in [2.24, 2.45) is 0 Å². The van der Waals surface area contributed by atoms with Gasteiger partial charge in [-0.05, 0) is 44.4 Å². The molecule has 0 bridgehead atoms. The maximum absolute atomic E-state index is 12.3. The molecule has 1 aromatic rings. The summed E-state index contributed by atoms with van der Waals surface area (Å²) >= 11 is 6.01. The molecule has 4 nitrogen and oxygen atoms in total. The molecule has 108 valence electrons. The van der Waals surface area contributed by atoms with Gasteiger partial charge < -0.3 is 15.4 Å². The summed E-state index contributed by atoms with van der Waals surface area (Å²) in [5.41, 5.74) is 1.03. The molecule has 0 saturated carbocycles. The first-order valence-electron chi connectivity index (χ1n) is 7.20. The zero-order valence-electron chi connectivity index (χ0n) is 11.3. The molecular formula is C15H19ClN2O2. The number of nitrogens with one attached hydrogen (secondary N) is 2. The Morgan fingerprint density at radius 2 is 2.25 bits per heavy atom. The van der Waals surface area contributed by atoms with Gasteiger partial charge in [0.2, 0.25) is 5.91 Å². The summed E-state index contributed by atoms with van der Waals surface area (Å²) in [6.45, 7) is 1.60. The number of halogens is 1. The standard InChI is InChI=1S/C15H19ClN2O2/c16-10-5-6-11-12(4-2-8-20-14(11)9-10)18-15(19)13-3-1-7-17-13/h5-6,9,12-13,17H,1-4,7-8H2,(H,18,19). The fourth-order valence-electron chi connectivity index (χ4n) is 2.88. The average Bonchev–Trinajstić information content (AvgIpc) is 2.90. The Bertz CT molecular complexity index is 501. The molecule has 2 aliphatic rings. The van der Waals surface area contributed by atoms with Crippen LogP contribution in [0.2, 0.25) is 5.02 Å². The SMILES string of the molecule is O=C(NC1CCCOc2cc(Cl)ccc21)C1CCCN1. The number of carbonyl (C=O) groups excluding carboxylic acids is 1. The predicted molar refractivity (Wildman–Crippen MR) is 78.1 cm³/mol. The monoisotopic (exact) mass is 294 g/mol. The third kappa shape index (κ3) is 2.91. The van der Waals surface area contributed by atoms with E-state index in [1.54, 1.807) is 0 Å². The first kappa shape index (κ1) is 13.7. The lowest BCUT2D eigenvalue weighted by atomic mass is 10.0. The van der Waals surface area contributed by atoms with Crippen LogP contribution in [0.1, 0.15) is 37.3 Å². The van der Waals surface area contributed by atoms with E-state index in [1.165, 1.54) is 0 Å². The number of amides is 1. The molecular weight excluding hydrogens is 276 g/mol. The van der Waals surface area contributed by atoms with Gasteiger partial charge in [0, 0.05) is 10.6 Å². The fourth-order valence-corrected chi connectivity index (χ4v) is 3.04. The highest BCUT2D eigenvalue weighted by atomic mass is 35.5. The number of ether oxygens (including phenoxy) is 1. The van der Waals surface area contributed by atoms with Crippen LogP contribution in [0.3, 0.4) is 0 Å². The van der Waals surface area contributed by atoms with Crippen LogP contribution in [0.15, 0.2) is 18.2 Å². The van der Waals surface area contributed by atoms with Crippen LogP contribution in [-0.4, -0.2) is 25.1 Å². The second kappa shape index (κ2) is 6.02. The molecule has 5 heteroatoms. The maximum atomic E-state index is 12.3. The largest absolute Gasteiger partial charge is 0.493 e. The zero-order valence-corrected chi connectivity index (χ0v) is 12.1. The Kier molecular flexibility index (Phi) is 4.13. The summed E-state index contributed by atoms with van der Waals surface area (Å²) in [6.07, 6.45) is 3.81. The van der Waals surface area contributed by atoms with E-state index in [4.69, 9.17) is 16.3 Å². The van der Waals surface area contributed by atoms with Gasteiger partial charge in [0.25, 0.3) is 0 Å². The Hall–Kier alpha value is -1.26. The van der Waals surface area contributed by atoms with Crippen molar-refractivity contribution in [3.05, 3.63) is 28.8 Å². The first-order valence-corrected chi connectivity index (χ1v) is 7.58. The van der Waals surface area contributed by atoms with Crippen LogP contribution in [-0.2, 0) is 4.79 Å². The van der Waals surface area contributed by atoms with E-state index in [0.717, 1.165) is 43.5 Å². The van der Waals surface area contributed by atoms with Gasteiger partial charge in [-0.15, -0.1) is 0 Å². The molecule has 0 radical (unpaired) electrons. The van der Waals surface area contributed by atoms with Crippen LogP contribution < -0.4 is 15.4 Å². The van der Waals surface area contributed by atoms with E-state index >= 15 is 0 Å². The van der Waals surface area contributed by atoms with E-state index in [2.05, 4.69) is 10.6 Å². The highest BCUT2D eigenvalue weighted by Gasteiger charge is 2.27. The minimum atomic E-state index is -0.0464. The molecule has 0 aliphatic carbocycles. The molecule has 1 aromatic carbocycles. The Morgan fingerprint density at radius 1 is 1.35 bits per heavy atom. The summed E-state index contributed by atoms with van der Waals surface area (Å²) in [5, 5.41) is 7.04. The van der Waals surface area contributed by atoms with Crippen LogP contribution in [0, 0.1) is 0 Å². The summed E-state index contributed by atoms with van der Waals surface area (Å²) < 4.78 is 5.72. The Labute approximate surface area is 123 Å². The van der Waals surface area contributed by atoms with Gasteiger partial charge in [-0.2, -0.15) is 0 Å². The number of fused-ring (bicyclic) bond motifs is 1. The summed E-state index contributed by atoms with van der Waals surface area (Å²) in [5.74, 6) is 0.884. The highest BCUT2D eigenvalue weighted by Crippen LogP contribution is 2.33. The van der Waals surface area contributed by atoms with E-state index in [0.29, 0.717) is 11.6 Å². The Balaban J connectivity index is 1.77. The van der Waals surface area contributed by atoms with Crippen molar-refractivity contribution in [3.63, 3.8) is 0 Å². The molecule has 2 heterocycles. The van der Waals surface area contributed by atoms with Gasteiger partial charge in [-0.3, -0.25) is 4.79 Å². The number of benzene rings is 1. The van der Waals surface area contributed by atoms with Crippen LogP contribution in [0.25, 0.3) is 0 Å². The lowest BCUT2D eigenvalue weighted by Crippen LogP contribution is -2.42. The molecule has 1 saturated heterocycles. The van der Waals surface area contributed by atoms with Gasteiger partial charge in [0.1, 0.15) is 5.75 Å². The molecule has 2 atom stereocenters. The Morgan fingerprint density at radius 3 is 3.05 bits per heavy atom. The summed E-state index contributed by atoms with van der Waals surface area (Å²) in [6, 6.07) is 5.60. The van der Waals surface area contributed by atoms with Gasteiger partial charge in [-0.25, -0.2) is 0 Å². The smallest absolute Gasteiger partial charge is 0.237 e. The van der Waals surface area contributed by atoms with Gasteiger partial charge >= 0.3 is 0 Å². The minimum Gasteiger partial charge on any atom is -0.493 e. The molecule has 0 aromatic heterocycles. The summed E-state index contributed by atoms with van der Waals surface area (Å²) in [7, 11) is 0. The van der Waals surface area contributed by atoms with Crippen LogP contribution in [0.5, 0.6) is 5.75 Å². The first-order chi connectivity index (χ1) is 9.74. The molecule has 1 amide bonds. The number of hydrogen-bond acceptors (Lipinski definition) is 3. The molecule has 2 N–H and O–H groups in total. The fraction of sp³-hybridized carbons (Fsp3) is 0.533. The minimum absolute atomic E-state index is 0.0136. The van der Waals surface area contributed by atoms with Crippen molar-refractivity contribution in [3.8, 4) is 5.75 Å². The van der Waals surface area contributed by atoms with Crippen molar-refractivity contribution in [2.45, 2.75) is 37.8 Å². The van der Waals surface area contributed by atoms with Gasteiger partial charge in [-0.1, -0.05) is 17.7 Å². The van der Waals surface area contributed by atoms with E-state index < -0.39 is 0 Å². The second-order valence-electron chi connectivity index (χ2n) is 5.38. The second-order valence-corrected chi connectivity index (χ2v) is 5.82. The average molecular weight is 295 g/mol. The van der Waals surface area contributed by atoms with E-state index in [9.17, 15) is 4.79 Å². The van der Waals surface area contributed by atoms with Crippen LogP contribution >= 0.6 is 11.6 Å². The lowest BCUT2D eigenvalue weighted by Gasteiger charge is -2.20. The van der Waals surface area contributed by atoms with Crippen molar-refractivity contribution in [1.29, 1.82) is 0 Å².